The van der Waals surface area contributed by atoms with Crippen LogP contribution < -0.4 is 14.2 Å². The van der Waals surface area contributed by atoms with Gasteiger partial charge >= 0.3 is 0 Å². The molecule has 0 aliphatic rings. The van der Waals surface area contributed by atoms with E-state index in [1.165, 1.54) is 13.2 Å². The highest BCUT2D eigenvalue weighted by molar-refractivity contribution is 7.89. The molecule has 3 rings (SSSR count). The number of sulfonamides is 1. The summed E-state index contributed by atoms with van der Waals surface area (Å²) >= 11 is 0. The summed E-state index contributed by atoms with van der Waals surface area (Å²) in [6, 6.07) is 12.0. The van der Waals surface area contributed by atoms with Crippen molar-refractivity contribution in [3.05, 3.63) is 48.0 Å². The Balaban J connectivity index is 1.89. The molecule has 28 heavy (non-hydrogen) atoms. The fourth-order valence-electron chi connectivity index (χ4n) is 2.65. The molecule has 0 aliphatic heterocycles. The Morgan fingerprint density at radius 1 is 1.07 bits per heavy atom. The third kappa shape index (κ3) is 4.12. The molecule has 10 heteroatoms. The number of hydrogen-bond acceptors (Lipinski definition) is 7. The molecule has 1 N–H and O–H groups in total. The molecular weight excluding hydrogens is 382 g/mol. The van der Waals surface area contributed by atoms with Crippen molar-refractivity contribution in [3.63, 3.8) is 0 Å². The number of rotatable bonds is 8. The third-order valence-corrected chi connectivity index (χ3v) is 5.59. The highest BCUT2D eigenvalue weighted by atomic mass is 32.2. The second-order valence-electron chi connectivity index (χ2n) is 5.86. The van der Waals surface area contributed by atoms with Crippen LogP contribution in [-0.4, -0.2) is 42.8 Å². The van der Waals surface area contributed by atoms with Crippen LogP contribution in [0.5, 0.6) is 11.5 Å². The molecule has 9 nitrogen and oxygen atoms in total. The maximum absolute atomic E-state index is 12.9. The standard InChI is InChI=1S/C18H21N5O4S/c1-4-23-18(20-21-22-23)14-7-10-16(27-3)17(11-14)28(24,25)19-12-13-5-8-15(26-2)9-6-13/h5-11,19H,4,12H2,1-3H3. The van der Waals surface area contributed by atoms with Gasteiger partial charge in [-0.1, -0.05) is 12.1 Å². The number of hydrogen-bond donors (Lipinski definition) is 1. The van der Waals surface area contributed by atoms with Gasteiger partial charge in [-0.2, -0.15) is 0 Å². The van der Waals surface area contributed by atoms with Crippen LogP contribution in [0.25, 0.3) is 11.4 Å². The van der Waals surface area contributed by atoms with E-state index in [2.05, 4.69) is 20.2 Å². The van der Waals surface area contributed by atoms with E-state index in [-0.39, 0.29) is 17.2 Å². The Hall–Kier alpha value is -2.98. The quantitative estimate of drug-likeness (QED) is 0.611. The summed E-state index contributed by atoms with van der Waals surface area (Å²) in [5.41, 5.74) is 1.38. The van der Waals surface area contributed by atoms with Crippen LogP contribution in [0.3, 0.4) is 0 Å². The van der Waals surface area contributed by atoms with Crippen LogP contribution in [-0.2, 0) is 23.1 Å². The predicted octanol–water partition coefficient (Wildman–Crippen LogP) is 1.86. The normalized spacial score (nSPS) is 11.4. The van der Waals surface area contributed by atoms with Gasteiger partial charge < -0.3 is 9.47 Å². The Morgan fingerprint density at radius 2 is 1.82 bits per heavy atom. The minimum Gasteiger partial charge on any atom is -0.497 e. The number of aromatic nitrogens is 4. The van der Waals surface area contributed by atoms with Gasteiger partial charge in [0.1, 0.15) is 16.4 Å². The van der Waals surface area contributed by atoms with Crippen molar-refractivity contribution in [2.24, 2.45) is 0 Å². The average Bonchev–Trinajstić information content (AvgIpc) is 3.21. The van der Waals surface area contributed by atoms with E-state index < -0.39 is 10.0 Å². The first-order valence-electron chi connectivity index (χ1n) is 8.55. The van der Waals surface area contributed by atoms with Crippen molar-refractivity contribution < 1.29 is 17.9 Å². The molecule has 0 unspecified atom stereocenters. The van der Waals surface area contributed by atoms with E-state index in [9.17, 15) is 8.42 Å². The molecule has 0 radical (unpaired) electrons. The first-order valence-corrected chi connectivity index (χ1v) is 10.0. The Labute approximate surface area is 163 Å². The summed E-state index contributed by atoms with van der Waals surface area (Å²) in [4.78, 5) is 0.0201. The second kappa shape index (κ2) is 8.36. The number of ether oxygens (including phenoxy) is 2. The maximum Gasteiger partial charge on any atom is 0.244 e. The van der Waals surface area contributed by atoms with E-state index in [1.807, 2.05) is 6.92 Å². The molecule has 0 aliphatic carbocycles. The molecule has 1 aromatic heterocycles. The molecule has 0 fully saturated rings. The van der Waals surface area contributed by atoms with Crippen LogP contribution in [0.4, 0.5) is 0 Å². The van der Waals surface area contributed by atoms with Crippen molar-refractivity contribution in [1.82, 2.24) is 24.9 Å². The monoisotopic (exact) mass is 403 g/mol. The zero-order valence-corrected chi connectivity index (χ0v) is 16.6. The van der Waals surface area contributed by atoms with Crippen LogP contribution in [0.1, 0.15) is 12.5 Å². The lowest BCUT2D eigenvalue weighted by Crippen LogP contribution is -2.24. The lowest BCUT2D eigenvalue weighted by atomic mass is 10.2. The lowest BCUT2D eigenvalue weighted by Gasteiger charge is -2.12. The van der Waals surface area contributed by atoms with E-state index >= 15 is 0 Å². The first kappa shape index (κ1) is 19.8. The second-order valence-corrected chi connectivity index (χ2v) is 7.59. The van der Waals surface area contributed by atoms with Gasteiger partial charge in [0.2, 0.25) is 10.0 Å². The van der Waals surface area contributed by atoms with Crippen molar-refractivity contribution in [1.29, 1.82) is 0 Å². The smallest absolute Gasteiger partial charge is 0.244 e. The average molecular weight is 403 g/mol. The molecule has 1 heterocycles. The van der Waals surface area contributed by atoms with Crippen LogP contribution in [0.15, 0.2) is 47.4 Å². The molecule has 0 amide bonds. The van der Waals surface area contributed by atoms with Gasteiger partial charge in [0.25, 0.3) is 0 Å². The number of aryl methyl sites for hydroxylation is 1. The Kier molecular flexibility index (Phi) is 5.90. The molecule has 0 spiro atoms. The van der Waals surface area contributed by atoms with Crippen molar-refractivity contribution in [2.75, 3.05) is 14.2 Å². The van der Waals surface area contributed by atoms with Gasteiger partial charge in [-0.15, -0.1) is 5.10 Å². The lowest BCUT2D eigenvalue weighted by molar-refractivity contribution is 0.402. The number of benzene rings is 2. The Morgan fingerprint density at radius 3 is 2.46 bits per heavy atom. The number of tetrazole rings is 1. The van der Waals surface area contributed by atoms with Gasteiger partial charge in [-0.25, -0.2) is 17.8 Å². The summed E-state index contributed by atoms with van der Waals surface area (Å²) in [7, 11) is -0.835. The number of methoxy groups -OCH3 is 2. The van der Waals surface area contributed by atoms with Crippen LogP contribution in [0, 0.1) is 0 Å². The minimum atomic E-state index is -3.83. The summed E-state index contributed by atoms with van der Waals surface area (Å²) in [6.07, 6.45) is 0. The number of nitrogens with zero attached hydrogens (tertiary/aromatic N) is 4. The fraction of sp³-hybridized carbons (Fsp3) is 0.278. The maximum atomic E-state index is 12.9. The van der Waals surface area contributed by atoms with Crippen molar-refractivity contribution in [2.45, 2.75) is 24.9 Å². The van der Waals surface area contributed by atoms with E-state index in [0.29, 0.717) is 23.7 Å². The summed E-state index contributed by atoms with van der Waals surface area (Å²) < 4.78 is 40.4. The molecule has 0 atom stereocenters. The van der Waals surface area contributed by atoms with E-state index in [0.717, 1.165) is 5.56 Å². The third-order valence-electron chi connectivity index (χ3n) is 4.17. The molecule has 0 bridgehead atoms. The van der Waals surface area contributed by atoms with Gasteiger partial charge in [0.05, 0.1) is 14.2 Å². The molecule has 0 saturated carbocycles. The largest absolute Gasteiger partial charge is 0.497 e. The molecular formula is C18H21N5O4S. The molecule has 0 saturated heterocycles. The summed E-state index contributed by atoms with van der Waals surface area (Å²) in [5, 5.41) is 11.5. The van der Waals surface area contributed by atoms with Crippen LogP contribution in [0.2, 0.25) is 0 Å². The number of nitrogens with one attached hydrogen (secondary N) is 1. The molecule has 148 valence electrons. The van der Waals surface area contributed by atoms with E-state index in [4.69, 9.17) is 9.47 Å². The Bertz CT molecular complexity index is 1050. The predicted molar refractivity (Wildman–Crippen MR) is 102 cm³/mol. The molecule has 2 aromatic carbocycles. The SMILES string of the molecule is CCn1nnnc1-c1ccc(OC)c(S(=O)(=O)NCc2ccc(OC)cc2)c1. The van der Waals surface area contributed by atoms with Crippen LogP contribution >= 0.6 is 0 Å². The van der Waals surface area contributed by atoms with Gasteiger partial charge in [-0.05, 0) is 53.2 Å². The van der Waals surface area contributed by atoms with Crippen molar-refractivity contribution >= 4 is 10.0 Å². The van der Waals surface area contributed by atoms with Gasteiger partial charge in [0, 0.05) is 18.7 Å². The minimum absolute atomic E-state index is 0.0201. The van der Waals surface area contributed by atoms with E-state index in [1.54, 1.807) is 48.2 Å². The highest BCUT2D eigenvalue weighted by Crippen LogP contribution is 2.29. The van der Waals surface area contributed by atoms with Gasteiger partial charge in [-0.3, -0.25) is 0 Å². The summed E-state index contributed by atoms with van der Waals surface area (Å²) in [6.45, 7) is 2.59. The first-order chi connectivity index (χ1) is 13.5. The zero-order valence-electron chi connectivity index (χ0n) is 15.8. The topological polar surface area (TPSA) is 108 Å². The van der Waals surface area contributed by atoms with Crippen molar-refractivity contribution in [3.8, 4) is 22.9 Å². The highest BCUT2D eigenvalue weighted by Gasteiger charge is 2.21. The zero-order chi connectivity index (χ0) is 20.1. The summed E-state index contributed by atoms with van der Waals surface area (Å²) in [5.74, 6) is 1.42. The fourth-order valence-corrected chi connectivity index (χ4v) is 3.86. The molecule has 3 aromatic rings. The van der Waals surface area contributed by atoms with Gasteiger partial charge in [0.15, 0.2) is 5.82 Å².